The van der Waals surface area contributed by atoms with Crippen LogP contribution in [0.1, 0.15) is 12.5 Å². The number of piperazine rings is 1. The van der Waals surface area contributed by atoms with Crippen molar-refractivity contribution in [1.29, 1.82) is 0 Å². The van der Waals surface area contributed by atoms with E-state index in [1.54, 1.807) is 11.9 Å². The smallest absolute Gasteiger partial charge is 0.241 e. The van der Waals surface area contributed by atoms with Crippen molar-refractivity contribution in [2.45, 2.75) is 19.4 Å². The first-order valence-corrected chi connectivity index (χ1v) is 9.08. The first kappa shape index (κ1) is 15.6. The molecular formula is C16H24N4OS. The lowest BCUT2D eigenvalue weighted by Gasteiger charge is -2.32. The summed E-state index contributed by atoms with van der Waals surface area (Å²) in [6, 6.07) is 6.77. The monoisotopic (exact) mass is 320 g/mol. The molecule has 0 saturated carbocycles. The maximum Gasteiger partial charge on any atom is 0.241 e. The van der Waals surface area contributed by atoms with Gasteiger partial charge in [-0.15, -0.1) is 0 Å². The molecular weight excluding hydrogens is 296 g/mol. The molecule has 0 aromatic heterocycles. The molecule has 0 spiro atoms. The number of benzene rings is 1. The molecule has 2 N–H and O–H groups in total. The van der Waals surface area contributed by atoms with Crippen LogP contribution in [0.4, 0.5) is 11.4 Å². The Balaban J connectivity index is 1.69. The Morgan fingerprint density at radius 3 is 3.09 bits per heavy atom. The van der Waals surface area contributed by atoms with Crippen LogP contribution < -0.4 is 14.9 Å². The average molecular weight is 320 g/mol. The van der Waals surface area contributed by atoms with E-state index in [1.807, 2.05) is 11.2 Å². The van der Waals surface area contributed by atoms with Crippen LogP contribution in [-0.4, -0.2) is 55.8 Å². The second-order valence-corrected chi connectivity index (χ2v) is 6.65. The molecule has 1 atom stereocenters. The number of hydrogen-bond donors (Lipinski definition) is 2. The van der Waals surface area contributed by atoms with Crippen LogP contribution in [0, 0.1) is 0 Å². The summed E-state index contributed by atoms with van der Waals surface area (Å²) >= 11 is 1.57. The van der Waals surface area contributed by atoms with Gasteiger partial charge in [0.25, 0.3) is 0 Å². The van der Waals surface area contributed by atoms with Crippen molar-refractivity contribution in [3.8, 4) is 0 Å². The summed E-state index contributed by atoms with van der Waals surface area (Å²) in [5.74, 6) is 0.217. The third-order valence-corrected chi connectivity index (χ3v) is 4.75. The third kappa shape index (κ3) is 3.39. The number of carbonyl (C=O) groups is 1. The summed E-state index contributed by atoms with van der Waals surface area (Å²) in [5, 5.41) is 3.41. The largest absolute Gasteiger partial charge is 0.330 e. The highest BCUT2D eigenvalue weighted by atomic mass is 32.2. The van der Waals surface area contributed by atoms with Crippen molar-refractivity contribution in [3.05, 3.63) is 23.8 Å². The van der Waals surface area contributed by atoms with Gasteiger partial charge in [-0.2, -0.15) is 0 Å². The lowest BCUT2D eigenvalue weighted by molar-refractivity contribution is -0.119. The molecule has 1 amide bonds. The highest BCUT2D eigenvalue weighted by Gasteiger charge is 2.27. The Bertz CT molecular complexity index is 551. The minimum absolute atomic E-state index is 0.217. The third-order valence-electron chi connectivity index (χ3n) is 4.31. The summed E-state index contributed by atoms with van der Waals surface area (Å²) in [7, 11) is 0. The van der Waals surface area contributed by atoms with Gasteiger partial charge in [0.05, 0.1) is 6.54 Å². The van der Waals surface area contributed by atoms with E-state index >= 15 is 0 Å². The average Bonchev–Trinajstić information content (AvgIpc) is 2.91. The number of amides is 1. The van der Waals surface area contributed by atoms with E-state index in [0.29, 0.717) is 12.6 Å². The van der Waals surface area contributed by atoms with Crippen LogP contribution in [0.15, 0.2) is 18.2 Å². The van der Waals surface area contributed by atoms with Gasteiger partial charge in [0.2, 0.25) is 5.91 Å². The SMILES string of the molecule is CSNc1ccc2c(c1)N(C(=O)CN1CCN[C@H](C)C1)CC2. The molecule has 1 saturated heterocycles. The summed E-state index contributed by atoms with van der Waals surface area (Å²) < 4.78 is 3.24. The molecule has 3 rings (SSSR count). The number of rotatable bonds is 4. The van der Waals surface area contributed by atoms with E-state index in [1.165, 1.54) is 5.56 Å². The highest BCUT2D eigenvalue weighted by Crippen LogP contribution is 2.31. The minimum Gasteiger partial charge on any atom is -0.330 e. The Kier molecular flexibility index (Phi) is 4.90. The van der Waals surface area contributed by atoms with E-state index < -0.39 is 0 Å². The fraction of sp³-hybridized carbons (Fsp3) is 0.562. The van der Waals surface area contributed by atoms with Crippen LogP contribution in [0.2, 0.25) is 0 Å². The molecule has 2 aliphatic rings. The fourth-order valence-electron chi connectivity index (χ4n) is 3.25. The topological polar surface area (TPSA) is 47.6 Å². The number of fused-ring (bicyclic) bond motifs is 1. The van der Waals surface area contributed by atoms with Crippen LogP contribution in [0.25, 0.3) is 0 Å². The summed E-state index contributed by atoms with van der Waals surface area (Å²) in [5.41, 5.74) is 3.41. The van der Waals surface area contributed by atoms with E-state index in [2.05, 4.69) is 40.1 Å². The van der Waals surface area contributed by atoms with Crippen molar-refractivity contribution < 1.29 is 4.79 Å². The molecule has 2 aliphatic heterocycles. The van der Waals surface area contributed by atoms with Crippen molar-refractivity contribution in [2.75, 3.05) is 48.6 Å². The molecule has 0 radical (unpaired) electrons. The van der Waals surface area contributed by atoms with Gasteiger partial charge >= 0.3 is 0 Å². The van der Waals surface area contributed by atoms with E-state index in [0.717, 1.165) is 44.0 Å². The molecule has 1 aromatic rings. The highest BCUT2D eigenvalue weighted by molar-refractivity contribution is 7.99. The van der Waals surface area contributed by atoms with Crippen LogP contribution in [0.3, 0.4) is 0 Å². The van der Waals surface area contributed by atoms with Gasteiger partial charge in [-0.1, -0.05) is 18.0 Å². The Labute approximate surface area is 136 Å². The number of hydrogen-bond acceptors (Lipinski definition) is 5. The minimum atomic E-state index is 0.217. The first-order chi connectivity index (χ1) is 10.7. The van der Waals surface area contributed by atoms with Gasteiger partial charge in [0.1, 0.15) is 0 Å². The summed E-state index contributed by atoms with van der Waals surface area (Å²) in [6.07, 6.45) is 2.96. The Morgan fingerprint density at radius 2 is 2.32 bits per heavy atom. The van der Waals surface area contributed by atoms with Gasteiger partial charge in [0.15, 0.2) is 0 Å². The van der Waals surface area contributed by atoms with Crippen molar-refractivity contribution in [2.24, 2.45) is 0 Å². The van der Waals surface area contributed by atoms with Crippen LogP contribution >= 0.6 is 11.9 Å². The second-order valence-electron chi connectivity index (χ2n) is 6.04. The number of carbonyl (C=O) groups excluding carboxylic acids is 1. The standard InChI is InChI=1S/C16H24N4OS/c1-12-10-19(8-6-17-12)11-16(21)20-7-5-13-3-4-14(18-22-2)9-15(13)20/h3-4,9,12,17-18H,5-8,10-11H2,1-2H3/t12-/m1/s1. The van der Waals surface area contributed by atoms with Gasteiger partial charge in [-0.05, 0) is 31.0 Å². The van der Waals surface area contributed by atoms with Crippen LogP contribution in [0.5, 0.6) is 0 Å². The van der Waals surface area contributed by atoms with Gasteiger partial charge in [-0.3, -0.25) is 9.69 Å². The summed E-state index contributed by atoms with van der Waals surface area (Å²) in [4.78, 5) is 16.9. The van der Waals surface area contributed by atoms with E-state index in [-0.39, 0.29) is 5.91 Å². The molecule has 22 heavy (non-hydrogen) atoms. The molecule has 1 aromatic carbocycles. The zero-order valence-corrected chi connectivity index (χ0v) is 14.1. The molecule has 1 fully saturated rings. The van der Waals surface area contributed by atoms with Gasteiger partial charge < -0.3 is 14.9 Å². The lowest BCUT2D eigenvalue weighted by atomic mass is 10.1. The molecule has 5 nitrogen and oxygen atoms in total. The normalized spacial score (nSPS) is 21.7. The maximum atomic E-state index is 12.7. The number of nitrogens with zero attached hydrogens (tertiary/aromatic N) is 2. The summed E-state index contributed by atoms with van der Waals surface area (Å²) in [6.45, 7) is 6.35. The second kappa shape index (κ2) is 6.89. The van der Waals surface area contributed by atoms with Crippen LogP contribution in [-0.2, 0) is 11.2 Å². The van der Waals surface area contributed by atoms with E-state index in [9.17, 15) is 4.79 Å². The lowest BCUT2D eigenvalue weighted by Crippen LogP contribution is -2.52. The predicted molar refractivity (Wildman–Crippen MR) is 93.5 cm³/mol. The molecule has 0 aliphatic carbocycles. The first-order valence-electron chi connectivity index (χ1n) is 7.85. The number of anilines is 2. The Hall–Kier alpha value is -1.24. The fourth-order valence-corrected chi connectivity index (χ4v) is 3.61. The molecule has 6 heteroatoms. The van der Waals surface area contributed by atoms with Gasteiger partial charge in [0, 0.05) is 49.9 Å². The van der Waals surface area contributed by atoms with Crippen molar-refractivity contribution >= 4 is 29.2 Å². The molecule has 0 bridgehead atoms. The van der Waals surface area contributed by atoms with Crippen molar-refractivity contribution in [1.82, 2.24) is 10.2 Å². The Morgan fingerprint density at radius 1 is 1.45 bits per heavy atom. The zero-order chi connectivity index (χ0) is 15.5. The molecule has 120 valence electrons. The quantitative estimate of drug-likeness (QED) is 0.825. The van der Waals surface area contributed by atoms with E-state index in [4.69, 9.17) is 0 Å². The molecule has 0 unspecified atom stereocenters. The molecule has 2 heterocycles. The maximum absolute atomic E-state index is 12.7. The predicted octanol–water partition coefficient (Wildman–Crippen LogP) is 1.56. The van der Waals surface area contributed by atoms with Gasteiger partial charge in [-0.25, -0.2) is 0 Å². The number of nitrogens with one attached hydrogen (secondary N) is 2. The van der Waals surface area contributed by atoms with Crippen molar-refractivity contribution in [3.63, 3.8) is 0 Å². The zero-order valence-electron chi connectivity index (χ0n) is 13.3.